The smallest absolute Gasteiger partial charge is 0.339 e. The zero-order valence-electron chi connectivity index (χ0n) is 13.6. The van der Waals surface area contributed by atoms with Crippen molar-refractivity contribution in [2.24, 2.45) is 0 Å². The number of aliphatic carboxylic acids is 1. The molecule has 0 heterocycles. The lowest BCUT2D eigenvalue weighted by atomic mass is 9.93. The summed E-state index contributed by atoms with van der Waals surface area (Å²) in [5.74, 6) is -2.54. The van der Waals surface area contributed by atoms with Crippen molar-refractivity contribution in [2.45, 2.75) is 58.5 Å². The summed E-state index contributed by atoms with van der Waals surface area (Å²) in [5.41, 5.74) is -1.60. The number of carbonyl (C=O) groups excluding carboxylic acids is 2. The molecule has 0 aliphatic heterocycles. The Hall–Kier alpha value is -1.63. The SMILES string of the molecule is CCCOC(=O)CC(CCC)(OCC(=O)O)C(=O)OCCC. The van der Waals surface area contributed by atoms with Crippen LogP contribution in [0.25, 0.3) is 0 Å². The van der Waals surface area contributed by atoms with Crippen LogP contribution in [0.2, 0.25) is 0 Å². The third-order valence-electron chi connectivity index (χ3n) is 2.83. The maximum Gasteiger partial charge on any atom is 0.339 e. The van der Waals surface area contributed by atoms with Crippen LogP contribution >= 0.6 is 0 Å². The fourth-order valence-electron chi connectivity index (χ4n) is 1.87. The zero-order chi connectivity index (χ0) is 17.0. The summed E-state index contributed by atoms with van der Waals surface area (Å²) in [6.07, 6.45) is 1.64. The Morgan fingerprint density at radius 1 is 0.955 bits per heavy atom. The van der Waals surface area contributed by atoms with Gasteiger partial charge in [0.25, 0.3) is 0 Å². The van der Waals surface area contributed by atoms with Crippen LogP contribution in [0.4, 0.5) is 0 Å². The summed E-state index contributed by atoms with van der Waals surface area (Å²) < 4.78 is 15.3. The molecule has 0 rings (SSSR count). The Morgan fingerprint density at radius 3 is 2.05 bits per heavy atom. The first-order valence-corrected chi connectivity index (χ1v) is 7.60. The van der Waals surface area contributed by atoms with E-state index in [-0.39, 0.29) is 26.1 Å². The molecule has 0 aromatic carbocycles. The van der Waals surface area contributed by atoms with Crippen LogP contribution in [0.3, 0.4) is 0 Å². The summed E-state index contributed by atoms with van der Waals surface area (Å²) in [4.78, 5) is 34.9. The minimum Gasteiger partial charge on any atom is -0.480 e. The zero-order valence-corrected chi connectivity index (χ0v) is 13.6. The molecule has 0 aromatic heterocycles. The van der Waals surface area contributed by atoms with Crippen molar-refractivity contribution in [3.63, 3.8) is 0 Å². The monoisotopic (exact) mass is 318 g/mol. The maximum absolute atomic E-state index is 12.3. The Kier molecular flexibility index (Phi) is 10.2. The van der Waals surface area contributed by atoms with Crippen LogP contribution in [0.1, 0.15) is 52.9 Å². The lowest BCUT2D eigenvalue weighted by Gasteiger charge is -2.30. The largest absolute Gasteiger partial charge is 0.480 e. The Morgan fingerprint density at radius 2 is 1.55 bits per heavy atom. The number of rotatable bonds is 12. The number of carboxylic acids is 1. The summed E-state index contributed by atoms with van der Waals surface area (Å²) in [7, 11) is 0. The molecule has 0 saturated heterocycles. The fourth-order valence-corrected chi connectivity index (χ4v) is 1.87. The highest BCUT2D eigenvalue weighted by molar-refractivity contribution is 5.86. The minimum atomic E-state index is -1.60. The van der Waals surface area contributed by atoms with Gasteiger partial charge in [0.05, 0.1) is 19.6 Å². The molecular formula is C15H26O7. The van der Waals surface area contributed by atoms with Gasteiger partial charge in [-0.2, -0.15) is 0 Å². The average Bonchev–Trinajstić information content (AvgIpc) is 2.48. The van der Waals surface area contributed by atoms with Crippen LogP contribution in [-0.2, 0) is 28.6 Å². The summed E-state index contributed by atoms with van der Waals surface area (Å²) in [6.45, 7) is 5.24. The van der Waals surface area contributed by atoms with Gasteiger partial charge in [-0.05, 0) is 19.3 Å². The predicted molar refractivity (Wildman–Crippen MR) is 78.3 cm³/mol. The molecule has 0 aromatic rings. The molecule has 0 saturated carbocycles. The van der Waals surface area contributed by atoms with E-state index in [1.807, 2.05) is 20.8 Å². The molecule has 128 valence electrons. The first kappa shape index (κ1) is 20.4. The van der Waals surface area contributed by atoms with Crippen molar-refractivity contribution < 1.29 is 33.7 Å². The van der Waals surface area contributed by atoms with Crippen molar-refractivity contribution in [3.05, 3.63) is 0 Å². The molecule has 0 radical (unpaired) electrons. The number of carbonyl (C=O) groups is 3. The van der Waals surface area contributed by atoms with Gasteiger partial charge < -0.3 is 19.3 Å². The van der Waals surface area contributed by atoms with Gasteiger partial charge in [-0.3, -0.25) is 4.79 Å². The van der Waals surface area contributed by atoms with Crippen molar-refractivity contribution in [1.82, 2.24) is 0 Å². The summed E-state index contributed by atoms with van der Waals surface area (Å²) in [6, 6.07) is 0. The van der Waals surface area contributed by atoms with E-state index < -0.39 is 30.1 Å². The minimum absolute atomic E-state index is 0.185. The summed E-state index contributed by atoms with van der Waals surface area (Å²) >= 11 is 0. The lowest BCUT2D eigenvalue weighted by Crippen LogP contribution is -2.46. The number of carboxylic acid groups (broad SMARTS) is 1. The quantitative estimate of drug-likeness (QED) is 0.549. The third kappa shape index (κ3) is 7.40. The van der Waals surface area contributed by atoms with Gasteiger partial charge in [0.15, 0.2) is 5.60 Å². The van der Waals surface area contributed by atoms with Gasteiger partial charge in [0.1, 0.15) is 6.61 Å². The van der Waals surface area contributed by atoms with Crippen LogP contribution < -0.4 is 0 Å². The second-order valence-corrected chi connectivity index (χ2v) is 4.96. The molecule has 0 aliphatic carbocycles. The second-order valence-electron chi connectivity index (χ2n) is 4.96. The van der Waals surface area contributed by atoms with Crippen molar-refractivity contribution in [2.75, 3.05) is 19.8 Å². The predicted octanol–water partition coefficient (Wildman–Crippen LogP) is 1.92. The molecule has 0 aliphatic rings. The van der Waals surface area contributed by atoms with Gasteiger partial charge in [0.2, 0.25) is 0 Å². The van der Waals surface area contributed by atoms with E-state index in [4.69, 9.17) is 19.3 Å². The number of ether oxygens (including phenoxy) is 3. The molecule has 22 heavy (non-hydrogen) atoms. The first-order valence-electron chi connectivity index (χ1n) is 7.60. The van der Waals surface area contributed by atoms with Crippen molar-refractivity contribution in [1.29, 1.82) is 0 Å². The molecule has 1 atom stereocenters. The van der Waals surface area contributed by atoms with E-state index in [1.54, 1.807) is 0 Å². The Labute approximate surface area is 130 Å². The standard InChI is InChI=1S/C15H26O7/c1-4-7-15(22-11-12(16)17,14(19)21-9-6-3)10-13(18)20-8-5-2/h4-11H2,1-3H3,(H,16,17). The molecule has 7 nitrogen and oxygen atoms in total. The fraction of sp³-hybridized carbons (Fsp3) is 0.800. The van der Waals surface area contributed by atoms with Gasteiger partial charge >= 0.3 is 17.9 Å². The topological polar surface area (TPSA) is 99.1 Å². The number of esters is 2. The normalized spacial score (nSPS) is 13.2. The van der Waals surface area contributed by atoms with E-state index in [2.05, 4.69) is 0 Å². The van der Waals surface area contributed by atoms with Crippen LogP contribution in [0.5, 0.6) is 0 Å². The number of hydrogen-bond donors (Lipinski definition) is 1. The molecule has 0 amide bonds. The molecule has 7 heteroatoms. The summed E-state index contributed by atoms with van der Waals surface area (Å²) in [5, 5.41) is 8.79. The van der Waals surface area contributed by atoms with E-state index in [9.17, 15) is 14.4 Å². The van der Waals surface area contributed by atoms with Crippen molar-refractivity contribution in [3.8, 4) is 0 Å². The van der Waals surface area contributed by atoms with Crippen molar-refractivity contribution >= 4 is 17.9 Å². The average molecular weight is 318 g/mol. The van der Waals surface area contributed by atoms with E-state index >= 15 is 0 Å². The first-order chi connectivity index (χ1) is 10.4. The second kappa shape index (κ2) is 11.0. The molecule has 0 fully saturated rings. The van der Waals surface area contributed by atoms with Gasteiger partial charge in [0, 0.05) is 0 Å². The van der Waals surface area contributed by atoms with E-state index in [1.165, 1.54) is 0 Å². The maximum atomic E-state index is 12.3. The molecule has 1 unspecified atom stereocenters. The molecule has 0 bridgehead atoms. The molecular weight excluding hydrogens is 292 g/mol. The van der Waals surface area contributed by atoms with E-state index in [0.29, 0.717) is 19.3 Å². The van der Waals surface area contributed by atoms with Crippen LogP contribution in [0, 0.1) is 0 Å². The van der Waals surface area contributed by atoms with Gasteiger partial charge in [-0.15, -0.1) is 0 Å². The van der Waals surface area contributed by atoms with E-state index in [0.717, 1.165) is 0 Å². The molecule has 1 N–H and O–H groups in total. The Balaban J connectivity index is 5.12. The highest BCUT2D eigenvalue weighted by Crippen LogP contribution is 2.26. The Bertz CT molecular complexity index is 367. The van der Waals surface area contributed by atoms with Gasteiger partial charge in [-0.25, -0.2) is 9.59 Å². The highest BCUT2D eigenvalue weighted by Gasteiger charge is 2.43. The van der Waals surface area contributed by atoms with Gasteiger partial charge in [-0.1, -0.05) is 27.2 Å². The van der Waals surface area contributed by atoms with Crippen LogP contribution in [0.15, 0.2) is 0 Å². The van der Waals surface area contributed by atoms with Crippen LogP contribution in [-0.4, -0.2) is 48.4 Å². The third-order valence-corrected chi connectivity index (χ3v) is 2.83. The lowest BCUT2D eigenvalue weighted by molar-refractivity contribution is -0.184. The highest BCUT2D eigenvalue weighted by atomic mass is 16.6. The number of hydrogen-bond acceptors (Lipinski definition) is 6. The molecule has 0 spiro atoms.